The molecule has 0 bridgehead atoms. The first-order valence-corrected chi connectivity index (χ1v) is 7.68. The molecule has 8 heteroatoms. The summed E-state index contributed by atoms with van der Waals surface area (Å²) in [5, 5.41) is 15.1. The highest BCUT2D eigenvalue weighted by Gasteiger charge is 2.10. The van der Waals surface area contributed by atoms with Gasteiger partial charge in [0.1, 0.15) is 0 Å². The van der Waals surface area contributed by atoms with Gasteiger partial charge in [-0.15, -0.1) is 0 Å². The predicted molar refractivity (Wildman–Crippen MR) is 98.3 cm³/mol. The molecule has 0 saturated heterocycles. The van der Waals surface area contributed by atoms with Crippen molar-refractivity contribution in [1.82, 2.24) is 9.97 Å². The molecule has 0 radical (unpaired) electrons. The van der Waals surface area contributed by atoms with E-state index in [0.29, 0.717) is 23.1 Å². The van der Waals surface area contributed by atoms with Crippen molar-refractivity contribution in [1.29, 1.82) is 0 Å². The molecule has 0 spiro atoms. The summed E-state index contributed by atoms with van der Waals surface area (Å²) in [4.78, 5) is 19.3. The molecule has 0 aliphatic carbocycles. The monoisotopic (exact) mass is 349 g/mol. The first kappa shape index (κ1) is 17.0. The Bertz CT molecular complexity index is 945. The fourth-order valence-corrected chi connectivity index (χ4v) is 2.23. The number of ether oxygens (including phenoxy) is 1. The number of para-hydroxylation sites is 1. The second-order valence-electron chi connectivity index (χ2n) is 5.17. The normalized spacial score (nSPS) is 10.7. The standard InChI is InChI=1S/C18H15N5O3/c1-26-17-11-16(20-18(21-17)13-7-3-2-4-8-13)22-19-12-14-9-5-6-10-15(14)23(24)25/h2-12H,1H3,(H,20,21,22)/b19-12+. The predicted octanol–water partition coefficient (Wildman–Crippen LogP) is 3.51. The molecule has 0 amide bonds. The van der Waals surface area contributed by atoms with Crippen molar-refractivity contribution in [3.05, 3.63) is 76.3 Å². The molecule has 1 heterocycles. The van der Waals surface area contributed by atoms with Crippen LogP contribution < -0.4 is 10.2 Å². The van der Waals surface area contributed by atoms with Gasteiger partial charge in [0, 0.05) is 17.7 Å². The highest BCUT2D eigenvalue weighted by atomic mass is 16.6. The molecule has 3 rings (SSSR count). The third kappa shape index (κ3) is 3.99. The number of hydrogen-bond acceptors (Lipinski definition) is 7. The van der Waals surface area contributed by atoms with Crippen LogP contribution in [0, 0.1) is 10.1 Å². The molecule has 26 heavy (non-hydrogen) atoms. The molecule has 3 aromatic rings. The number of methoxy groups -OCH3 is 1. The van der Waals surface area contributed by atoms with Crippen LogP contribution in [0.25, 0.3) is 11.4 Å². The largest absolute Gasteiger partial charge is 0.481 e. The summed E-state index contributed by atoms with van der Waals surface area (Å²) in [5.41, 5.74) is 3.95. The Kier molecular flexibility index (Phi) is 5.14. The molecule has 0 atom stereocenters. The van der Waals surface area contributed by atoms with E-state index < -0.39 is 4.92 Å². The van der Waals surface area contributed by atoms with E-state index in [9.17, 15) is 10.1 Å². The van der Waals surface area contributed by atoms with Crippen molar-refractivity contribution in [3.8, 4) is 17.3 Å². The molecular formula is C18H15N5O3. The lowest BCUT2D eigenvalue weighted by atomic mass is 10.2. The average molecular weight is 349 g/mol. The minimum absolute atomic E-state index is 0.0247. The smallest absolute Gasteiger partial charge is 0.278 e. The van der Waals surface area contributed by atoms with E-state index in [0.717, 1.165) is 5.56 Å². The quantitative estimate of drug-likeness (QED) is 0.415. The van der Waals surface area contributed by atoms with Crippen LogP contribution in [0.1, 0.15) is 5.56 Å². The van der Waals surface area contributed by atoms with E-state index in [1.165, 1.54) is 19.4 Å². The number of aromatic nitrogens is 2. The summed E-state index contributed by atoms with van der Waals surface area (Å²) >= 11 is 0. The molecule has 130 valence electrons. The molecule has 1 aromatic heterocycles. The van der Waals surface area contributed by atoms with Crippen LogP contribution in [-0.4, -0.2) is 28.2 Å². The van der Waals surface area contributed by atoms with Gasteiger partial charge in [-0.1, -0.05) is 42.5 Å². The lowest BCUT2D eigenvalue weighted by Gasteiger charge is -2.06. The molecule has 0 unspecified atom stereocenters. The number of nitro groups is 1. The van der Waals surface area contributed by atoms with Crippen molar-refractivity contribution in [3.63, 3.8) is 0 Å². The summed E-state index contributed by atoms with van der Waals surface area (Å²) < 4.78 is 5.20. The number of rotatable bonds is 6. The highest BCUT2D eigenvalue weighted by Crippen LogP contribution is 2.21. The molecular weight excluding hydrogens is 334 g/mol. The van der Waals surface area contributed by atoms with Gasteiger partial charge in [0.15, 0.2) is 11.6 Å². The Balaban J connectivity index is 1.85. The molecule has 0 aliphatic heterocycles. The van der Waals surface area contributed by atoms with Gasteiger partial charge in [0.2, 0.25) is 5.88 Å². The Hall–Kier alpha value is -3.81. The van der Waals surface area contributed by atoms with Gasteiger partial charge in [-0.2, -0.15) is 10.1 Å². The van der Waals surface area contributed by atoms with Gasteiger partial charge < -0.3 is 4.74 Å². The lowest BCUT2D eigenvalue weighted by Crippen LogP contribution is -2.00. The van der Waals surface area contributed by atoms with Gasteiger partial charge in [-0.05, 0) is 6.07 Å². The minimum Gasteiger partial charge on any atom is -0.481 e. The van der Waals surface area contributed by atoms with E-state index >= 15 is 0 Å². The van der Waals surface area contributed by atoms with E-state index in [-0.39, 0.29) is 5.69 Å². The Labute approximate surface area is 149 Å². The van der Waals surface area contributed by atoms with Crippen LogP contribution in [0.4, 0.5) is 11.5 Å². The summed E-state index contributed by atoms with van der Waals surface area (Å²) in [6.07, 6.45) is 1.37. The van der Waals surface area contributed by atoms with Crippen molar-refractivity contribution < 1.29 is 9.66 Å². The number of hydrogen-bond donors (Lipinski definition) is 1. The maximum absolute atomic E-state index is 11.0. The van der Waals surface area contributed by atoms with E-state index in [2.05, 4.69) is 20.5 Å². The minimum atomic E-state index is -0.456. The van der Waals surface area contributed by atoms with Gasteiger partial charge in [0.05, 0.1) is 23.8 Å². The number of anilines is 1. The van der Waals surface area contributed by atoms with Crippen molar-refractivity contribution in [2.24, 2.45) is 5.10 Å². The van der Waals surface area contributed by atoms with Crippen LogP contribution in [0.2, 0.25) is 0 Å². The number of nitrogens with one attached hydrogen (secondary N) is 1. The first-order chi connectivity index (χ1) is 12.7. The SMILES string of the molecule is COc1cc(N/N=C/c2ccccc2[N+](=O)[O-])nc(-c2ccccc2)n1. The Morgan fingerprint density at radius 3 is 2.58 bits per heavy atom. The fourth-order valence-electron chi connectivity index (χ4n) is 2.23. The first-order valence-electron chi connectivity index (χ1n) is 7.68. The van der Waals surface area contributed by atoms with E-state index in [1.54, 1.807) is 24.3 Å². The van der Waals surface area contributed by atoms with Crippen LogP contribution in [0.5, 0.6) is 5.88 Å². The zero-order valence-electron chi connectivity index (χ0n) is 13.9. The maximum atomic E-state index is 11.0. The van der Waals surface area contributed by atoms with Crippen LogP contribution >= 0.6 is 0 Å². The average Bonchev–Trinajstić information content (AvgIpc) is 2.68. The van der Waals surface area contributed by atoms with Gasteiger partial charge in [0.25, 0.3) is 5.69 Å². The Morgan fingerprint density at radius 2 is 1.85 bits per heavy atom. The second kappa shape index (κ2) is 7.84. The number of hydrazone groups is 1. The zero-order valence-corrected chi connectivity index (χ0v) is 13.9. The lowest BCUT2D eigenvalue weighted by molar-refractivity contribution is -0.385. The number of nitro benzene ring substituents is 1. The molecule has 0 fully saturated rings. The summed E-state index contributed by atoms with van der Waals surface area (Å²) in [6, 6.07) is 17.4. The van der Waals surface area contributed by atoms with Gasteiger partial charge in [-0.3, -0.25) is 15.5 Å². The zero-order chi connectivity index (χ0) is 18.4. The fraction of sp³-hybridized carbons (Fsp3) is 0.0556. The van der Waals surface area contributed by atoms with Crippen molar-refractivity contribution >= 4 is 17.7 Å². The summed E-state index contributed by atoms with van der Waals surface area (Å²) in [5.74, 6) is 1.26. The van der Waals surface area contributed by atoms with E-state index in [4.69, 9.17) is 4.74 Å². The molecule has 8 nitrogen and oxygen atoms in total. The third-order valence-electron chi connectivity index (χ3n) is 3.46. The second-order valence-corrected chi connectivity index (χ2v) is 5.17. The van der Waals surface area contributed by atoms with Crippen molar-refractivity contribution in [2.75, 3.05) is 12.5 Å². The molecule has 1 N–H and O–H groups in total. The molecule has 0 saturated carbocycles. The topological polar surface area (TPSA) is 103 Å². The maximum Gasteiger partial charge on any atom is 0.278 e. The third-order valence-corrected chi connectivity index (χ3v) is 3.46. The van der Waals surface area contributed by atoms with Crippen molar-refractivity contribution in [2.45, 2.75) is 0 Å². The van der Waals surface area contributed by atoms with Crippen LogP contribution in [0.3, 0.4) is 0 Å². The van der Waals surface area contributed by atoms with Gasteiger partial charge >= 0.3 is 0 Å². The molecule has 0 aliphatic rings. The van der Waals surface area contributed by atoms with Crippen LogP contribution in [-0.2, 0) is 0 Å². The number of benzene rings is 2. The molecule has 2 aromatic carbocycles. The highest BCUT2D eigenvalue weighted by molar-refractivity contribution is 5.85. The van der Waals surface area contributed by atoms with Crippen LogP contribution in [0.15, 0.2) is 65.8 Å². The number of nitrogens with zero attached hydrogens (tertiary/aromatic N) is 4. The summed E-state index contributed by atoms with van der Waals surface area (Å²) in [6.45, 7) is 0. The Morgan fingerprint density at radius 1 is 1.12 bits per heavy atom. The summed E-state index contributed by atoms with van der Waals surface area (Å²) in [7, 11) is 1.51. The van der Waals surface area contributed by atoms with E-state index in [1.807, 2.05) is 30.3 Å². The van der Waals surface area contributed by atoms with Gasteiger partial charge in [-0.25, -0.2) is 4.98 Å².